The fraction of sp³-hybridized carbons (Fsp3) is 0.600. The molecule has 0 aliphatic heterocycles. The van der Waals surface area contributed by atoms with Crippen LogP contribution in [0.5, 0.6) is 0 Å². The molecule has 0 atom stereocenters. The van der Waals surface area contributed by atoms with Crippen molar-refractivity contribution in [1.82, 2.24) is 9.97 Å². The lowest BCUT2D eigenvalue weighted by Crippen LogP contribution is -2.24. The molecule has 0 aromatic carbocycles. The molecular weight excluding hydrogens is 277 g/mol. The van der Waals surface area contributed by atoms with Gasteiger partial charge < -0.3 is 5.32 Å². The van der Waals surface area contributed by atoms with Crippen molar-refractivity contribution in [2.24, 2.45) is 5.41 Å². The first-order chi connectivity index (χ1) is 7.05. The molecule has 1 rings (SSSR count). The number of aromatic nitrogens is 2. The van der Waals surface area contributed by atoms with Crippen molar-refractivity contribution in [3.63, 3.8) is 0 Å². The number of hydrogen-bond acceptors (Lipinski definition) is 3. The summed E-state index contributed by atoms with van der Waals surface area (Å²) in [7, 11) is 0. The third-order valence-corrected chi connectivity index (χ3v) is 2.94. The molecule has 5 heteroatoms. The number of alkyl halides is 1. The predicted octanol–water partition coefficient (Wildman–Crippen LogP) is 3.31. The van der Waals surface area contributed by atoms with Gasteiger partial charge in [-0.2, -0.15) is 0 Å². The number of rotatable bonds is 5. The van der Waals surface area contributed by atoms with Gasteiger partial charge in [0.1, 0.15) is 12.1 Å². The van der Waals surface area contributed by atoms with Gasteiger partial charge in [-0.1, -0.05) is 13.8 Å². The molecule has 0 fully saturated rings. The third kappa shape index (κ3) is 4.34. The minimum Gasteiger partial charge on any atom is -0.368 e. The van der Waals surface area contributed by atoms with Crippen molar-refractivity contribution >= 4 is 33.3 Å². The summed E-state index contributed by atoms with van der Waals surface area (Å²) in [5, 5.41) is 3.28. The Morgan fingerprint density at radius 3 is 2.87 bits per heavy atom. The molecule has 0 aliphatic rings. The summed E-state index contributed by atoms with van der Waals surface area (Å²) < 4.78 is 0.881. The van der Waals surface area contributed by atoms with Gasteiger partial charge in [0, 0.05) is 18.6 Å². The molecule has 0 saturated heterocycles. The van der Waals surface area contributed by atoms with Crippen LogP contribution < -0.4 is 5.32 Å². The quantitative estimate of drug-likeness (QED) is 0.846. The van der Waals surface area contributed by atoms with Crippen LogP contribution in [0.3, 0.4) is 0 Å². The first-order valence-corrected chi connectivity index (χ1v) is 6.13. The van der Waals surface area contributed by atoms with E-state index >= 15 is 0 Å². The third-order valence-electron chi connectivity index (χ3n) is 2.17. The second-order valence-corrected chi connectivity index (χ2v) is 5.41. The zero-order valence-corrected chi connectivity index (χ0v) is 11.3. The molecule has 1 aromatic heterocycles. The van der Waals surface area contributed by atoms with Crippen LogP contribution >= 0.6 is 27.5 Å². The van der Waals surface area contributed by atoms with Crippen LogP contribution in [0.2, 0.25) is 0 Å². The second-order valence-electron chi connectivity index (χ2n) is 4.18. The fourth-order valence-corrected chi connectivity index (χ4v) is 1.98. The highest BCUT2D eigenvalue weighted by molar-refractivity contribution is 9.10. The van der Waals surface area contributed by atoms with Crippen molar-refractivity contribution in [3.8, 4) is 0 Å². The zero-order chi connectivity index (χ0) is 11.3. The molecule has 0 radical (unpaired) electrons. The van der Waals surface area contributed by atoms with E-state index in [1.807, 2.05) is 0 Å². The van der Waals surface area contributed by atoms with Crippen LogP contribution in [0.1, 0.15) is 20.3 Å². The molecule has 0 aliphatic carbocycles. The van der Waals surface area contributed by atoms with E-state index in [2.05, 4.69) is 45.1 Å². The van der Waals surface area contributed by atoms with Crippen LogP contribution in [0, 0.1) is 5.41 Å². The van der Waals surface area contributed by atoms with Gasteiger partial charge in [0.25, 0.3) is 0 Å². The Bertz CT molecular complexity index is 317. The van der Waals surface area contributed by atoms with E-state index in [0.29, 0.717) is 5.88 Å². The van der Waals surface area contributed by atoms with Gasteiger partial charge in [-0.3, -0.25) is 0 Å². The van der Waals surface area contributed by atoms with Gasteiger partial charge in [0.2, 0.25) is 0 Å². The summed E-state index contributed by atoms with van der Waals surface area (Å²) in [6, 6.07) is 0. The first kappa shape index (κ1) is 12.7. The SMILES string of the molecule is CC(C)(CCCl)CNc1ncncc1Br. The molecule has 0 unspecified atom stereocenters. The first-order valence-electron chi connectivity index (χ1n) is 4.80. The molecule has 0 spiro atoms. The summed E-state index contributed by atoms with van der Waals surface area (Å²) >= 11 is 9.13. The molecular formula is C10H15BrClN3. The van der Waals surface area contributed by atoms with Crippen molar-refractivity contribution < 1.29 is 0 Å². The number of halogens is 2. The average molecular weight is 293 g/mol. The number of anilines is 1. The summed E-state index contributed by atoms with van der Waals surface area (Å²) in [4.78, 5) is 8.05. The lowest BCUT2D eigenvalue weighted by molar-refractivity contribution is 0.379. The van der Waals surface area contributed by atoms with Gasteiger partial charge in [0.05, 0.1) is 4.47 Å². The molecule has 0 bridgehead atoms. The molecule has 1 N–H and O–H groups in total. The van der Waals surface area contributed by atoms with Crippen LogP contribution in [0.15, 0.2) is 17.0 Å². The van der Waals surface area contributed by atoms with E-state index in [0.717, 1.165) is 23.3 Å². The largest absolute Gasteiger partial charge is 0.368 e. The van der Waals surface area contributed by atoms with E-state index in [4.69, 9.17) is 11.6 Å². The smallest absolute Gasteiger partial charge is 0.143 e. The summed E-state index contributed by atoms with van der Waals surface area (Å²) in [5.41, 5.74) is 0.173. The molecule has 3 nitrogen and oxygen atoms in total. The molecule has 0 amide bonds. The molecule has 15 heavy (non-hydrogen) atoms. The van der Waals surface area contributed by atoms with Crippen molar-refractivity contribution in [2.75, 3.05) is 17.7 Å². The Morgan fingerprint density at radius 1 is 1.53 bits per heavy atom. The Labute approximate surface area is 104 Å². The van der Waals surface area contributed by atoms with Gasteiger partial charge in [0.15, 0.2) is 0 Å². The molecule has 84 valence electrons. The lowest BCUT2D eigenvalue weighted by Gasteiger charge is -2.24. The van der Waals surface area contributed by atoms with Gasteiger partial charge in [-0.15, -0.1) is 11.6 Å². The number of nitrogens with one attached hydrogen (secondary N) is 1. The van der Waals surface area contributed by atoms with Crippen LogP contribution in [-0.4, -0.2) is 22.4 Å². The minimum absolute atomic E-state index is 0.173. The maximum atomic E-state index is 5.74. The average Bonchev–Trinajstić information content (AvgIpc) is 2.16. The fourth-order valence-electron chi connectivity index (χ4n) is 1.11. The molecule has 0 saturated carbocycles. The Hall–Kier alpha value is -0.350. The van der Waals surface area contributed by atoms with Crippen LogP contribution in [0.25, 0.3) is 0 Å². The van der Waals surface area contributed by atoms with Crippen LogP contribution in [0.4, 0.5) is 5.82 Å². The summed E-state index contributed by atoms with van der Waals surface area (Å²) in [5.74, 6) is 1.51. The van der Waals surface area contributed by atoms with E-state index < -0.39 is 0 Å². The Balaban J connectivity index is 2.53. The standard InChI is InChI=1S/C10H15BrClN3/c1-10(2,3-4-12)6-14-9-8(11)5-13-7-15-9/h5,7H,3-4,6H2,1-2H3,(H,13,14,15). The van der Waals surface area contributed by atoms with E-state index in [9.17, 15) is 0 Å². The Kier molecular flexibility index (Phi) is 4.80. The van der Waals surface area contributed by atoms with E-state index in [1.165, 1.54) is 6.33 Å². The molecule has 1 aromatic rings. The minimum atomic E-state index is 0.173. The number of nitrogens with zero attached hydrogens (tertiary/aromatic N) is 2. The predicted molar refractivity (Wildman–Crippen MR) is 67.3 cm³/mol. The Morgan fingerprint density at radius 2 is 2.27 bits per heavy atom. The van der Waals surface area contributed by atoms with Gasteiger partial charge in [-0.05, 0) is 27.8 Å². The highest BCUT2D eigenvalue weighted by Gasteiger charge is 2.17. The highest BCUT2D eigenvalue weighted by atomic mass is 79.9. The van der Waals surface area contributed by atoms with Crippen molar-refractivity contribution in [2.45, 2.75) is 20.3 Å². The van der Waals surface area contributed by atoms with Crippen molar-refractivity contribution in [1.29, 1.82) is 0 Å². The highest BCUT2D eigenvalue weighted by Crippen LogP contribution is 2.23. The topological polar surface area (TPSA) is 37.8 Å². The van der Waals surface area contributed by atoms with E-state index in [-0.39, 0.29) is 5.41 Å². The van der Waals surface area contributed by atoms with Gasteiger partial charge in [-0.25, -0.2) is 9.97 Å². The maximum absolute atomic E-state index is 5.74. The second kappa shape index (κ2) is 5.66. The monoisotopic (exact) mass is 291 g/mol. The van der Waals surface area contributed by atoms with E-state index in [1.54, 1.807) is 6.20 Å². The summed E-state index contributed by atoms with van der Waals surface area (Å²) in [6.45, 7) is 5.20. The lowest BCUT2D eigenvalue weighted by atomic mass is 9.90. The summed E-state index contributed by atoms with van der Waals surface area (Å²) in [6.07, 6.45) is 4.23. The van der Waals surface area contributed by atoms with Crippen molar-refractivity contribution in [3.05, 3.63) is 17.0 Å². The molecule has 1 heterocycles. The van der Waals surface area contributed by atoms with Gasteiger partial charge >= 0.3 is 0 Å². The zero-order valence-electron chi connectivity index (χ0n) is 8.93. The maximum Gasteiger partial charge on any atom is 0.143 e. The number of hydrogen-bond donors (Lipinski definition) is 1. The normalized spacial score (nSPS) is 11.5. The van der Waals surface area contributed by atoms with Crippen LogP contribution in [-0.2, 0) is 0 Å².